The smallest absolute Gasteiger partial charge is 0.325 e. The van der Waals surface area contributed by atoms with Gasteiger partial charge >= 0.3 is 5.97 Å². The largest absolute Gasteiger partial charge is 0.505 e. The lowest BCUT2D eigenvalue weighted by atomic mass is 10.1. The number of carbonyl (C=O) groups is 2. The Labute approximate surface area is 175 Å². The molecule has 0 aliphatic rings. The summed E-state index contributed by atoms with van der Waals surface area (Å²) >= 11 is 1.17. The van der Waals surface area contributed by atoms with Gasteiger partial charge in [0.1, 0.15) is 23.5 Å². The zero-order chi connectivity index (χ0) is 22.2. The second-order valence-electron chi connectivity index (χ2n) is 7.69. The molecule has 0 aliphatic heterocycles. The average molecular weight is 432 g/mol. The molecule has 3 rings (SSSR count). The van der Waals surface area contributed by atoms with E-state index in [9.17, 15) is 23.9 Å². The van der Waals surface area contributed by atoms with Gasteiger partial charge in [-0.15, -0.1) is 11.3 Å². The molecular weight excluding hydrogens is 411 g/mol. The minimum absolute atomic E-state index is 0.332. The second kappa shape index (κ2) is 7.91. The molecule has 0 atom stereocenters. The second-order valence-corrected chi connectivity index (χ2v) is 8.74. The van der Waals surface area contributed by atoms with Crippen molar-refractivity contribution in [3.63, 3.8) is 0 Å². The first-order valence-corrected chi connectivity index (χ1v) is 9.91. The molecule has 158 valence electrons. The lowest BCUT2D eigenvalue weighted by Gasteiger charge is -2.19. The Morgan fingerprint density at radius 1 is 1.23 bits per heavy atom. The third-order valence-electron chi connectivity index (χ3n) is 4.21. The fourth-order valence-corrected chi connectivity index (χ4v) is 4.02. The number of aryl methyl sites for hydroxylation is 1. The molecule has 9 heteroatoms. The Morgan fingerprint density at radius 2 is 1.87 bits per heavy atom. The number of pyridine rings is 1. The number of halogens is 1. The summed E-state index contributed by atoms with van der Waals surface area (Å²) in [4.78, 5) is 37.7. The molecule has 0 radical (unpaired) electrons. The van der Waals surface area contributed by atoms with Gasteiger partial charge in [0.05, 0.1) is 10.2 Å². The van der Waals surface area contributed by atoms with Crippen LogP contribution in [0.25, 0.3) is 20.7 Å². The minimum atomic E-state index is -0.877. The van der Waals surface area contributed by atoms with E-state index < -0.39 is 40.9 Å². The number of esters is 1. The molecule has 0 aliphatic carbocycles. The molecule has 30 heavy (non-hydrogen) atoms. The van der Waals surface area contributed by atoms with E-state index in [1.165, 1.54) is 35.1 Å². The van der Waals surface area contributed by atoms with E-state index in [1.807, 2.05) is 0 Å². The first kappa shape index (κ1) is 21.5. The molecule has 7 nitrogen and oxygen atoms in total. The van der Waals surface area contributed by atoms with Gasteiger partial charge in [-0.3, -0.25) is 14.4 Å². The zero-order valence-corrected chi connectivity index (χ0v) is 17.7. The van der Waals surface area contributed by atoms with Gasteiger partial charge in [0.25, 0.3) is 11.5 Å². The van der Waals surface area contributed by atoms with Crippen molar-refractivity contribution in [1.82, 2.24) is 9.88 Å². The Bertz CT molecular complexity index is 1190. The van der Waals surface area contributed by atoms with Crippen molar-refractivity contribution in [3.8, 4) is 16.2 Å². The number of hydrogen-bond acceptors (Lipinski definition) is 6. The van der Waals surface area contributed by atoms with E-state index in [2.05, 4.69) is 5.32 Å². The summed E-state index contributed by atoms with van der Waals surface area (Å²) in [5, 5.41) is 13.0. The van der Waals surface area contributed by atoms with Crippen LogP contribution in [0.3, 0.4) is 0 Å². The molecule has 0 saturated heterocycles. The van der Waals surface area contributed by atoms with Gasteiger partial charge in [-0.2, -0.15) is 0 Å². The van der Waals surface area contributed by atoms with E-state index in [0.717, 1.165) is 0 Å². The first-order chi connectivity index (χ1) is 14.0. The minimum Gasteiger partial charge on any atom is -0.505 e. The molecule has 0 bridgehead atoms. The topological polar surface area (TPSA) is 97.6 Å². The predicted molar refractivity (Wildman–Crippen MR) is 112 cm³/mol. The summed E-state index contributed by atoms with van der Waals surface area (Å²) in [6, 6.07) is 7.49. The number of aromatic nitrogens is 1. The molecule has 0 unspecified atom stereocenters. The summed E-state index contributed by atoms with van der Waals surface area (Å²) < 4.78 is 19.9. The number of nitrogens with one attached hydrogen (secondary N) is 1. The molecule has 0 spiro atoms. The molecule has 0 fully saturated rings. The van der Waals surface area contributed by atoms with Crippen molar-refractivity contribution in [2.75, 3.05) is 6.54 Å². The highest BCUT2D eigenvalue weighted by Crippen LogP contribution is 2.38. The Morgan fingerprint density at radius 3 is 2.47 bits per heavy atom. The van der Waals surface area contributed by atoms with Crippen LogP contribution in [-0.2, 0) is 16.6 Å². The van der Waals surface area contributed by atoms with Crippen molar-refractivity contribution in [2.24, 2.45) is 7.05 Å². The highest BCUT2D eigenvalue weighted by molar-refractivity contribution is 7.22. The monoisotopic (exact) mass is 432 g/mol. The fourth-order valence-electron chi connectivity index (χ4n) is 2.87. The Hall–Kier alpha value is -3.20. The van der Waals surface area contributed by atoms with E-state index in [0.29, 0.717) is 20.7 Å². The first-order valence-electron chi connectivity index (χ1n) is 9.09. The zero-order valence-electron chi connectivity index (χ0n) is 16.9. The lowest BCUT2D eigenvalue weighted by Crippen LogP contribution is -2.37. The molecule has 2 aromatic heterocycles. The van der Waals surface area contributed by atoms with Gasteiger partial charge in [0, 0.05) is 11.9 Å². The van der Waals surface area contributed by atoms with E-state index in [-0.39, 0.29) is 5.82 Å². The van der Waals surface area contributed by atoms with Crippen LogP contribution in [0.15, 0.2) is 35.1 Å². The van der Waals surface area contributed by atoms with Crippen LogP contribution in [0.1, 0.15) is 31.1 Å². The number of fused-ring (bicyclic) bond motifs is 1. The van der Waals surface area contributed by atoms with Gasteiger partial charge in [0.15, 0.2) is 5.75 Å². The van der Waals surface area contributed by atoms with Crippen LogP contribution in [0.5, 0.6) is 5.75 Å². The SMILES string of the molecule is Cn1c(=O)c(C(=O)NCC(=O)OC(C)(C)C)c(O)c2sc(-c3ccc(F)cc3)cc21. The summed E-state index contributed by atoms with van der Waals surface area (Å²) in [6.07, 6.45) is 0. The van der Waals surface area contributed by atoms with Crippen LogP contribution in [0.2, 0.25) is 0 Å². The van der Waals surface area contributed by atoms with Crippen molar-refractivity contribution < 1.29 is 23.8 Å². The average Bonchev–Trinajstić information content (AvgIpc) is 3.10. The molecular formula is C21H21FN2O5S. The lowest BCUT2D eigenvalue weighted by molar-refractivity contribution is -0.153. The molecule has 2 N–H and O–H groups in total. The van der Waals surface area contributed by atoms with E-state index in [1.54, 1.807) is 39.0 Å². The number of ether oxygens (including phenoxy) is 1. The highest BCUT2D eigenvalue weighted by atomic mass is 32.1. The maximum atomic E-state index is 13.2. The van der Waals surface area contributed by atoms with Crippen LogP contribution >= 0.6 is 11.3 Å². The van der Waals surface area contributed by atoms with Gasteiger partial charge in [-0.25, -0.2) is 4.39 Å². The van der Waals surface area contributed by atoms with Gasteiger partial charge in [0.2, 0.25) is 0 Å². The summed E-state index contributed by atoms with van der Waals surface area (Å²) in [6.45, 7) is 4.63. The Kier molecular flexibility index (Phi) is 5.67. The number of amides is 1. The van der Waals surface area contributed by atoms with Crippen LogP contribution in [-0.4, -0.2) is 33.7 Å². The summed E-state index contributed by atoms with van der Waals surface area (Å²) in [5.41, 5.74) is -0.732. The van der Waals surface area contributed by atoms with Crippen molar-refractivity contribution in [2.45, 2.75) is 26.4 Å². The third-order valence-corrected chi connectivity index (χ3v) is 5.39. The van der Waals surface area contributed by atoms with Gasteiger partial charge in [-0.05, 0) is 44.5 Å². The molecule has 1 aromatic carbocycles. The number of hydrogen-bond donors (Lipinski definition) is 2. The molecule has 0 saturated carbocycles. The number of thiophene rings is 1. The predicted octanol–water partition coefficient (Wildman–Crippen LogP) is 3.18. The maximum Gasteiger partial charge on any atom is 0.325 e. The van der Waals surface area contributed by atoms with Crippen LogP contribution in [0, 0.1) is 5.82 Å². The number of benzene rings is 1. The number of aromatic hydroxyl groups is 1. The summed E-state index contributed by atoms with van der Waals surface area (Å²) in [5.74, 6) is -2.38. The maximum absolute atomic E-state index is 13.2. The van der Waals surface area contributed by atoms with Crippen LogP contribution < -0.4 is 10.9 Å². The normalized spacial score (nSPS) is 11.5. The fraction of sp³-hybridized carbons (Fsp3) is 0.286. The van der Waals surface area contributed by atoms with Crippen molar-refractivity contribution in [3.05, 3.63) is 52.1 Å². The van der Waals surface area contributed by atoms with Crippen molar-refractivity contribution in [1.29, 1.82) is 0 Å². The standard InChI is InChI=1S/C21H21FN2O5S/c1-21(2,3)29-15(25)10-23-19(27)16-17(26)18-13(24(4)20(16)28)9-14(30-18)11-5-7-12(22)8-6-11/h5-9,26H,10H2,1-4H3,(H,23,27). The number of carbonyl (C=O) groups excluding carboxylic acids is 2. The molecule has 3 aromatic rings. The van der Waals surface area contributed by atoms with Gasteiger partial charge in [-0.1, -0.05) is 12.1 Å². The quantitative estimate of drug-likeness (QED) is 0.617. The number of rotatable bonds is 4. The molecule has 2 heterocycles. The van der Waals surface area contributed by atoms with E-state index >= 15 is 0 Å². The van der Waals surface area contributed by atoms with Crippen molar-refractivity contribution >= 4 is 33.4 Å². The van der Waals surface area contributed by atoms with Crippen LogP contribution in [0.4, 0.5) is 4.39 Å². The highest BCUT2D eigenvalue weighted by Gasteiger charge is 2.24. The molecule has 1 amide bonds. The number of nitrogens with zero attached hydrogens (tertiary/aromatic N) is 1. The third kappa shape index (κ3) is 4.35. The summed E-state index contributed by atoms with van der Waals surface area (Å²) in [7, 11) is 1.48. The van der Waals surface area contributed by atoms with Gasteiger partial charge < -0.3 is 19.7 Å². The van der Waals surface area contributed by atoms with E-state index in [4.69, 9.17) is 4.74 Å². The Balaban J connectivity index is 1.96.